The number of methoxy groups -OCH3 is 2. The lowest BCUT2D eigenvalue weighted by molar-refractivity contribution is 0.0974. The van der Waals surface area contributed by atoms with Crippen molar-refractivity contribution in [2.45, 2.75) is 6.17 Å². The van der Waals surface area contributed by atoms with Crippen LogP contribution in [0.2, 0.25) is 0 Å². The zero-order valence-electron chi connectivity index (χ0n) is 15.5. The fraction of sp³-hybridized carbons (Fsp3) is 0.136. The first-order chi connectivity index (χ1) is 13.6. The lowest BCUT2D eigenvalue weighted by Gasteiger charge is -2.38. The SMILES string of the molecule is COc1ccc([C@H]2Nc3ccccc3C(=O)N2c2ccccc2OC)cc1F. The molecule has 1 atom stereocenters. The highest BCUT2D eigenvalue weighted by Crippen LogP contribution is 2.40. The molecule has 1 heterocycles. The summed E-state index contributed by atoms with van der Waals surface area (Å²) in [5.41, 5.74) is 2.42. The number of hydrogen-bond donors (Lipinski definition) is 1. The van der Waals surface area contributed by atoms with E-state index < -0.39 is 12.0 Å². The van der Waals surface area contributed by atoms with Crippen molar-refractivity contribution in [1.82, 2.24) is 0 Å². The first kappa shape index (κ1) is 17.9. The van der Waals surface area contributed by atoms with E-state index in [1.807, 2.05) is 30.3 Å². The molecule has 0 aromatic heterocycles. The van der Waals surface area contributed by atoms with Crippen molar-refractivity contribution in [1.29, 1.82) is 0 Å². The number of anilines is 2. The summed E-state index contributed by atoms with van der Waals surface area (Å²) in [6, 6.07) is 19.2. The maximum Gasteiger partial charge on any atom is 0.262 e. The fourth-order valence-electron chi connectivity index (χ4n) is 3.42. The van der Waals surface area contributed by atoms with Gasteiger partial charge >= 0.3 is 0 Å². The average Bonchev–Trinajstić information content (AvgIpc) is 2.73. The molecule has 0 saturated carbocycles. The number of nitrogens with zero attached hydrogens (tertiary/aromatic N) is 1. The Morgan fingerprint density at radius 2 is 1.64 bits per heavy atom. The van der Waals surface area contributed by atoms with E-state index in [1.165, 1.54) is 13.2 Å². The van der Waals surface area contributed by atoms with Crippen LogP contribution in [0.5, 0.6) is 11.5 Å². The van der Waals surface area contributed by atoms with E-state index in [0.717, 1.165) is 0 Å². The minimum Gasteiger partial charge on any atom is -0.495 e. The van der Waals surface area contributed by atoms with Crippen LogP contribution >= 0.6 is 0 Å². The Kier molecular flexibility index (Phi) is 4.61. The molecule has 0 saturated heterocycles. The van der Waals surface area contributed by atoms with Gasteiger partial charge in [-0.25, -0.2) is 4.39 Å². The highest BCUT2D eigenvalue weighted by atomic mass is 19.1. The lowest BCUT2D eigenvalue weighted by atomic mass is 10.0. The normalized spacial score (nSPS) is 15.6. The predicted octanol–water partition coefficient (Wildman–Crippen LogP) is 4.61. The summed E-state index contributed by atoms with van der Waals surface area (Å²) in [7, 11) is 2.97. The molecular formula is C22H19FN2O3. The molecule has 1 aliphatic heterocycles. The first-order valence-corrected chi connectivity index (χ1v) is 8.79. The Labute approximate surface area is 162 Å². The Morgan fingerprint density at radius 1 is 0.929 bits per heavy atom. The second-order valence-electron chi connectivity index (χ2n) is 6.33. The molecule has 5 nitrogen and oxygen atoms in total. The molecule has 0 radical (unpaired) electrons. The minimum absolute atomic E-state index is 0.148. The van der Waals surface area contributed by atoms with Crippen molar-refractivity contribution < 1.29 is 18.7 Å². The summed E-state index contributed by atoms with van der Waals surface area (Å²) >= 11 is 0. The summed E-state index contributed by atoms with van der Waals surface area (Å²) in [5, 5.41) is 3.35. The largest absolute Gasteiger partial charge is 0.495 e. The number of carbonyl (C=O) groups excluding carboxylic acids is 1. The second-order valence-corrected chi connectivity index (χ2v) is 6.33. The van der Waals surface area contributed by atoms with Crippen LogP contribution in [0.25, 0.3) is 0 Å². The van der Waals surface area contributed by atoms with Crippen LogP contribution in [0.4, 0.5) is 15.8 Å². The van der Waals surface area contributed by atoms with Gasteiger partial charge in [0.2, 0.25) is 0 Å². The lowest BCUT2D eigenvalue weighted by Crippen LogP contribution is -2.43. The summed E-state index contributed by atoms with van der Waals surface area (Å²) in [5.74, 6) is 0.0132. The summed E-state index contributed by atoms with van der Waals surface area (Å²) in [4.78, 5) is 15.0. The van der Waals surface area contributed by atoms with Gasteiger partial charge < -0.3 is 14.8 Å². The molecular weight excluding hydrogens is 359 g/mol. The molecule has 1 amide bonds. The molecule has 0 unspecified atom stereocenters. The van der Waals surface area contributed by atoms with E-state index in [0.29, 0.717) is 28.3 Å². The van der Waals surface area contributed by atoms with Gasteiger partial charge in [0.1, 0.15) is 11.9 Å². The van der Waals surface area contributed by atoms with Crippen LogP contribution in [-0.4, -0.2) is 20.1 Å². The summed E-state index contributed by atoms with van der Waals surface area (Å²) < 4.78 is 24.9. The zero-order valence-corrected chi connectivity index (χ0v) is 15.5. The Hall–Kier alpha value is -3.54. The Balaban J connectivity index is 1.89. The Bertz CT molecular complexity index is 1040. The molecule has 3 aromatic rings. The molecule has 1 N–H and O–H groups in total. The number of para-hydroxylation sites is 3. The molecule has 0 fully saturated rings. The van der Waals surface area contributed by atoms with Gasteiger partial charge in [-0.1, -0.05) is 30.3 Å². The van der Waals surface area contributed by atoms with E-state index in [4.69, 9.17) is 9.47 Å². The van der Waals surface area contributed by atoms with Gasteiger partial charge in [0.05, 0.1) is 25.5 Å². The van der Waals surface area contributed by atoms with Gasteiger partial charge in [-0.15, -0.1) is 0 Å². The van der Waals surface area contributed by atoms with Gasteiger partial charge in [-0.3, -0.25) is 9.69 Å². The van der Waals surface area contributed by atoms with Crippen molar-refractivity contribution in [3.63, 3.8) is 0 Å². The number of nitrogens with one attached hydrogen (secondary N) is 1. The summed E-state index contributed by atoms with van der Waals surface area (Å²) in [6.45, 7) is 0. The van der Waals surface area contributed by atoms with Gasteiger partial charge in [-0.05, 0) is 42.0 Å². The van der Waals surface area contributed by atoms with Crippen LogP contribution in [0.15, 0.2) is 66.7 Å². The quantitative estimate of drug-likeness (QED) is 0.720. The second kappa shape index (κ2) is 7.23. The number of rotatable bonds is 4. The molecule has 6 heteroatoms. The number of amides is 1. The third-order valence-electron chi connectivity index (χ3n) is 4.76. The van der Waals surface area contributed by atoms with Crippen molar-refractivity contribution in [3.8, 4) is 11.5 Å². The fourth-order valence-corrected chi connectivity index (χ4v) is 3.42. The summed E-state index contributed by atoms with van der Waals surface area (Å²) in [6.07, 6.45) is -0.612. The molecule has 4 rings (SSSR count). The van der Waals surface area contributed by atoms with Crippen molar-refractivity contribution in [3.05, 3.63) is 83.7 Å². The number of carbonyl (C=O) groups is 1. The van der Waals surface area contributed by atoms with Crippen molar-refractivity contribution in [2.24, 2.45) is 0 Å². The third-order valence-corrected chi connectivity index (χ3v) is 4.76. The van der Waals surface area contributed by atoms with Crippen LogP contribution in [0.1, 0.15) is 22.1 Å². The Morgan fingerprint density at radius 3 is 2.39 bits per heavy atom. The van der Waals surface area contributed by atoms with Gasteiger partial charge in [-0.2, -0.15) is 0 Å². The predicted molar refractivity (Wildman–Crippen MR) is 106 cm³/mol. The van der Waals surface area contributed by atoms with Gasteiger partial charge in [0.15, 0.2) is 11.6 Å². The molecule has 142 valence electrons. The topological polar surface area (TPSA) is 50.8 Å². The number of hydrogen-bond acceptors (Lipinski definition) is 4. The molecule has 1 aliphatic rings. The van der Waals surface area contributed by atoms with Crippen LogP contribution in [0, 0.1) is 5.82 Å². The van der Waals surface area contributed by atoms with Crippen molar-refractivity contribution >= 4 is 17.3 Å². The maximum atomic E-state index is 14.4. The van der Waals surface area contributed by atoms with E-state index in [1.54, 1.807) is 42.3 Å². The van der Waals surface area contributed by atoms with Gasteiger partial charge in [0.25, 0.3) is 5.91 Å². The molecule has 0 bridgehead atoms. The average molecular weight is 378 g/mol. The van der Waals surface area contributed by atoms with Crippen LogP contribution < -0.4 is 19.7 Å². The van der Waals surface area contributed by atoms with Crippen LogP contribution in [0.3, 0.4) is 0 Å². The monoisotopic (exact) mass is 378 g/mol. The van der Waals surface area contributed by atoms with E-state index >= 15 is 0 Å². The van der Waals surface area contributed by atoms with Crippen LogP contribution in [-0.2, 0) is 0 Å². The number of ether oxygens (including phenoxy) is 2. The molecule has 3 aromatic carbocycles. The molecule has 0 spiro atoms. The number of benzene rings is 3. The molecule has 28 heavy (non-hydrogen) atoms. The van der Waals surface area contributed by atoms with Gasteiger partial charge in [0, 0.05) is 5.69 Å². The van der Waals surface area contributed by atoms with Crippen molar-refractivity contribution in [2.75, 3.05) is 24.4 Å². The standard InChI is InChI=1S/C22H19FN2O3/c1-27-19-12-11-14(13-16(19)23)21-24-17-8-4-3-7-15(17)22(26)25(21)18-9-5-6-10-20(18)28-2/h3-13,21,24H,1-2H3/t21-/m0/s1. The zero-order chi connectivity index (χ0) is 19.7. The van der Waals surface area contributed by atoms with E-state index in [2.05, 4.69) is 5.32 Å². The number of halogens is 1. The molecule has 0 aliphatic carbocycles. The minimum atomic E-state index is -0.612. The highest BCUT2D eigenvalue weighted by molar-refractivity contribution is 6.12. The smallest absolute Gasteiger partial charge is 0.262 e. The third kappa shape index (κ3) is 2.93. The maximum absolute atomic E-state index is 14.4. The highest BCUT2D eigenvalue weighted by Gasteiger charge is 2.35. The first-order valence-electron chi connectivity index (χ1n) is 8.79. The van der Waals surface area contributed by atoms with E-state index in [9.17, 15) is 9.18 Å². The van der Waals surface area contributed by atoms with E-state index in [-0.39, 0.29) is 11.7 Å². The number of fused-ring (bicyclic) bond motifs is 1.